The van der Waals surface area contributed by atoms with Gasteiger partial charge < -0.3 is 10.2 Å². The molecule has 0 radical (unpaired) electrons. The van der Waals surface area contributed by atoms with E-state index in [1.165, 1.54) is 6.08 Å². The fourth-order valence-electron chi connectivity index (χ4n) is 1.88. The van der Waals surface area contributed by atoms with Crippen molar-refractivity contribution in [3.63, 3.8) is 0 Å². The van der Waals surface area contributed by atoms with Crippen molar-refractivity contribution in [3.05, 3.63) is 59.3 Å². The van der Waals surface area contributed by atoms with E-state index in [4.69, 9.17) is 0 Å². The first-order chi connectivity index (χ1) is 10.3. The molecule has 22 heavy (non-hydrogen) atoms. The smallest absolute Gasteiger partial charge is 0.142 e. The zero-order chi connectivity index (χ0) is 17.0. The Labute approximate surface area is 134 Å². The molecule has 0 rings (SSSR count). The molecule has 0 aliphatic carbocycles. The van der Waals surface area contributed by atoms with Gasteiger partial charge in [-0.2, -0.15) is 0 Å². The standard InChI is InChI=1S/C19H28O3/c1-15(10-11-19(22)14-18(4)21)7-5-8-16(2)13-17(3)9-6-12-20/h5-10,12-13,18-19,21-22H,11,14H2,1-4H3/b7-5+,9-6+,15-10+,16-8?,17-13?/t18-,19+/m0/s1. The summed E-state index contributed by atoms with van der Waals surface area (Å²) in [7, 11) is 0. The minimum Gasteiger partial charge on any atom is -0.393 e. The van der Waals surface area contributed by atoms with Crippen LogP contribution in [-0.2, 0) is 4.79 Å². The van der Waals surface area contributed by atoms with Crippen molar-refractivity contribution in [2.24, 2.45) is 0 Å². The molecule has 3 heteroatoms. The maximum absolute atomic E-state index is 10.2. The highest BCUT2D eigenvalue weighted by Crippen LogP contribution is 2.07. The average molecular weight is 304 g/mol. The molecule has 0 aromatic rings. The van der Waals surface area contributed by atoms with Gasteiger partial charge >= 0.3 is 0 Å². The quantitative estimate of drug-likeness (QED) is 0.388. The lowest BCUT2D eigenvalue weighted by atomic mass is 10.1. The van der Waals surface area contributed by atoms with Crippen molar-refractivity contribution in [2.45, 2.75) is 52.7 Å². The third kappa shape index (κ3) is 12.1. The molecule has 0 aromatic heterocycles. The van der Waals surface area contributed by atoms with Crippen molar-refractivity contribution in [2.75, 3.05) is 0 Å². The van der Waals surface area contributed by atoms with Gasteiger partial charge in [0.25, 0.3) is 0 Å². The molecule has 0 bridgehead atoms. The van der Waals surface area contributed by atoms with E-state index in [-0.39, 0.29) is 0 Å². The zero-order valence-electron chi connectivity index (χ0n) is 14.0. The van der Waals surface area contributed by atoms with Crippen LogP contribution in [0.3, 0.4) is 0 Å². The van der Waals surface area contributed by atoms with Gasteiger partial charge in [0.15, 0.2) is 0 Å². The fraction of sp³-hybridized carbons (Fsp3) is 0.421. The highest BCUT2D eigenvalue weighted by Gasteiger charge is 2.05. The summed E-state index contributed by atoms with van der Waals surface area (Å²) in [6.07, 6.45) is 13.8. The highest BCUT2D eigenvalue weighted by molar-refractivity contribution is 5.65. The van der Waals surface area contributed by atoms with Gasteiger partial charge in [0.2, 0.25) is 0 Å². The highest BCUT2D eigenvalue weighted by atomic mass is 16.3. The molecule has 0 amide bonds. The van der Waals surface area contributed by atoms with Crippen molar-refractivity contribution < 1.29 is 15.0 Å². The van der Waals surface area contributed by atoms with E-state index >= 15 is 0 Å². The Balaban J connectivity index is 4.48. The third-order valence-electron chi connectivity index (χ3n) is 2.94. The Hall–Kier alpha value is -1.71. The van der Waals surface area contributed by atoms with Gasteiger partial charge in [-0.25, -0.2) is 0 Å². The Bertz CT molecular complexity index is 477. The largest absolute Gasteiger partial charge is 0.393 e. The third-order valence-corrected chi connectivity index (χ3v) is 2.94. The van der Waals surface area contributed by atoms with Crippen LogP contribution in [0.15, 0.2) is 59.3 Å². The number of hydrogen-bond acceptors (Lipinski definition) is 3. The fourth-order valence-corrected chi connectivity index (χ4v) is 1.88. The summed E-state index contributed by atoms with van der Waals surface area (Å²) in [5, 5.41) is 18.9. The van der Waals surface area contributed by atoms with Crippen LogP contribution in [0, 0.1) is 0 Å². The van der Waals surface area contributed by atoms with Crippen molar-refractivity contribution in [1.82, 2.24) is 0 Å². The van der Waals surface area contributed by atoms with E-state index in [2.05, 4.69) is 0 Å². The molecule has 122 valence electrons. The second kappa shape index (κ2) is 11.9. The van der Waals surface area contributed by atoms with E-state index in [9.17, 15) is 15.0 Å². The lowest BCUT2D eigenvalue weighted by molar-refractivity contribution is -0.104. The number of rotatable bonds is 9. The van der Waals surface area contributed by atoms with Gasteiger partial charge in [0.05, 0.1) is 12.2 Å². The summed E-state index contributed by atoms with van der Waals surface area (Å²) in [6.45, 7) is 7.58. The summed E-state index contributed by atoms with van der Waals surface area (Å²) in [5.74, 6) is 0. The van der Waals surface area contributed by atoms with Gasteiger partial charge in [-0.15, -0.1) is 0 Å². The molecule has 0 spiro atoms. The minimum absolute atomic E-state index is 0.394. The number of aldehydes is 1. The van der Waals surface area contributed by atoms with Crippen LogP contribution in [0.1, 0.15) is 40.5 Å². The minimum atomic E-state index is -0.504. The molecule has 0 aliphatic rings. The summed E-state index contributed by atoms with van der Waals surface area (Å²) in [5.41, 5.74) is 3.17. The summed E-state index contributed by atoms with van der Waals surface area (Å²) < 4.78 is 0. The Kier molecular flexibility index (Phi) is 11.0. The van der Waals surface area contributed by atoms with Gasteiger partial charge in [0, 0.05) is 0 Å². The lowest BCUT2D eigenvalue weighted by Crippen LogP contribution is -2.13. The van der Waals surface area contributed by atoms with E-state index in [1.54, 1.807) is 13.0 Å². The normalized spacial score (nSPS) is 17.3. The average Bonchev–Trinajstić information content (AvgIpc) is 2.42. The van der Waals surface area contributed by atoms with Crippen LogP contribution in [0.2, 0.25) is 0 Å². The van der Waals surface area contributed by atoms with Crippen LogP contribution in [0.4, 0.5) is 0 Å². The molecule has 0 aliphatic heterocycles. The lowest BCUT2D eigenvalue weighted by Gasteiger charge is -2.09. The molecule has 2 atom stereocenters. The molecular weight excluding hydrogens is 276 g/mol. The monoisotopic (exact) mass is 304 g/mol. The Morgan fingerprint density at radius 1 is 1.00 bits per heavy atom. The topological polar surface area (TPSA) is 57.5 Å². The van der Waals surface area contributed by atoms with Crippen LogP contribution < -0.4 is 0 Å². The Morgan fingerprint density at radius 3 is 2.23 bits per heavy atom. The first kappa shape index (κ1) is 20.3. The first-order valence-corrected chi connectivity index (χ1v) is 7.53. The maximum atomic E-state index is 10.2. The second-order valence-electron chi connectivity index (χ2n) is 5.58. The second-order valence-corrected chi connectivity index (χ2v) is 5.58. The predicted octanol–water partition coefficient (Wildman–Crippen LogP) is 3.66. The van der Waals surface area contributed by atoms with Crippen LogP contribution >= 0.6 is 0 Å². The van der Waals surface area contributed by atoms with Crippen molar-refractivity contribution in [1.29, 1.82) is 0 Å². The molecule has 0 saturated heterocycles. The molecule has 0 saturated carbocycles. The number of hydrogen-bond donors (Lipinski definition) is 2. The number of carbonyl (C=O) groups excluding carboxylic acids is 1. The SMILES string of the molecule is CC(=C/C=C/C(C)=C/C[C@@H](O)C[C@H](C)O)C=C(C)/C=C/C=O. The van der Waals surface area contributed by atoms with E-state index < -0.39 is 12.2 Å². The van der Waals surface area contributed by atoms with Gasteiger partial charge in [0.1, 0.15) is 6.29 Å². The van der Waals surface area contributed by atoms with Gasteiger partial charge in [-0.05, 0) is 46.6 Å². The summed E-state index contributed by atoms with van der Waals surface area (Å²) >= 11 is 0. The molecule has 0 unspecified atom stereocenters. The van der Waals surface area contributed by atoms with Crippen molar-refractivity contribution in [3.8, 4) is 0 Å². The number of allylic oxidation sites excluding steroid dienone is 9. The molecule has 0 aromatic carbocycles. The van der Waals surface area contributed by atoms with E-state index in [0.29, 0.717) is 12.8 Å². The van der Waals surface area contributed by atoms with Gasteiger partial charge in [-0.1, -0.05) is 53.2 Å². The Morgan fingerprint density at radius 2 is 1.64 bits per heavy atom. The van der Waals surface area contributed by atoms with E-state index in [0.717, 1.165) is 23.0 Å². The maximum Gasteiger partial charge on any atom is 0.142 e. The van der Waals surface area contributed by atoms with Crippen LogP contribution in [0.25, 0.3) is 0 Å². The van der Waals surface area contributed by atoms with E-state index in [1.807, 2.05) is 51.2 Å². The molecule has 0 heterocycles. The predicted molar refractivity (Wildman–Crippen MR) is 92.5 cm³/mol. The summed E-state index contributed by atoms with van der Waals surface area (Å²) in [6, 6.07) is 0. The van der Waals surface area contributed by atoms with Crippen LogP contribution in [-0.4, -0.2) is 28.7 Å². The molecule has 2 N–H and O–H groups in total. The number of carbonyl (C=O) groups is 1. The molecular formula is C19H28O3. The number of aliphatic hydroxyl groups is 2. The first-order valence-electron chi connectivity index (χ1n) is 7.53. The number of aliphatic hydroxyl groups excluding tert-OH is 2. The van der Waals surface area contributed by atoms with Crippen LogP contribution in [0.5, 0.6) is 0 Å². The van der Waals surface area contributed by atoms with Crippen molar-refractivity contribution >= 4 is 6.29 Å². The molecule has 0 fully saturated rings. The molecule has 3 nitrogen and oxygen atoms in total. The zero-order valence-corrected chi connectivity index (χ0v) is 14.0. The summed E-state index contributed by atoms with van der Waals surface area (Å²) in [4.78, 5) is 10.2. The van der Waals surface area contributed by atoms with Gasteiger partial charge in [-0.3, -0.25) is 4.79 Å².